The average molecular weight is 616 g/mol. The van der Waals surface area contributed by atoms with Gasteiger partial charge in [-0.05, 0) is 92.5 Å². The molecule has 1 saturated heterocycles. The fourth-order valence-corrected chi connectivity index (χ4v) is 6.86. The van der Waals surface area contributed by atoms with E-state index < -0.39 is 6.23 Å². The van der Waals surface area contributed by atoms with Gasteiger partial charge >= 0.3 is 0 Å². The quantitative estimate of drug-likeness (QED) is 0.249. The van der Waals surface area contributed by atoms with Crippen molar-refractivity contribution in [2.75, 3.05) is 38.3 Å². The van der Waals surface area contributed by atoms with Gasteiger partial charge in [0.25, 0.3) is 5.56 Å². The number of hydrogen-bond donors (Lipinski definition) is 4. The van der Waals surface area contributed by atoms with Crippen molar-refractivity contribution in [3.8, 4) is 11.1 Å². The molecule has 4 N–H and O–H groups in total. The third-order valence-corrected chi connectivity index (χ3v) is 9.51. The molecule has 1 atom stereocenters. The number of aliphatic hydroxyl groups excluding tert-OH is 1. The molecule has 3 aromatic rings. The van der Waals surface area contributed by atoms with Crippen molar-refractivity contribution in [3.05, 3.63) is 86.3 Å². The number of aromatic nitrogens is 1. The summed E-state index contributed by atoms with van der Waals surface area (Å²) in [5.41, 5.74) is 8.46. The summed E-state index contributed by atoms with van der Waals surface area (Å²) < 4.78 is 5.50. The van der Waals surface area contributed by atoms with Gasteiger partial charge in [-0.3, -0.25) is 19.8 Å². The van der Waals surface area contributed by atoms with Crippen LogP contribution in [0.25, 0.3) is 11.1 Å². The van der Waals surface area contributed by atoms with E-state index in [9.17, 15) is 14.7 Å². The molecule has 9 heteroatoms. The Bertz CT molecular complexity index is 1520. The second-order valence-electron chi connectivity index (χ2n) is 12.8. The molecular formula is C36H49N5O4. The molecule has 2 aliphatic rings. The van der Waals surface area contributed by atoms with E-state index in [1.165, 1.54) is 5.56 Å². The van der Waals surface area contributed by atoms with Crippen molar-refractivity contribution in [1.82, 2.24) is 20.5 Å². The molecule has 2 aromatic carbocycles. The minimum absolute atomic E-state index is 0.0280. The summed E-state index contributed by atoms with van der Waals surface area (Å²) in [5.74, 6) is 0.0280. The lowest BCUT2D eigenvalue weighted by Gasteiger charge is -2.37. The molecule has 45 heavy (non-hydrogen) atoms. The first-order chi connectivity index (χ1) is 21.6. The van der Waals surface area contributed by atoms with E-state index in [2.05, 4.69) is 75.8 Å². The number of aliphatic hydroxyl groups is 1. The van der Waals surface area contributed by atoms with Crippen LogP contribution in [0.3, 0.4) is 0 Å². The van der Waals surface area contributed by atoms with Crippen molar-refractivity contribution >= 4 is 11.6 Å². The monoisotopic (exact) mass is 615 g/mol. The smallest absolute Gasteiger partial charge is 0.252 e. The van der Waals surface area contributed by atoms with E-state index in [1.54, 1.807) is 6.92 Å². The second kappa shape index (κ2) is 14.7. The molecule has 1 unspecified atom stereocenters. The average Bonchev–Trinajstić information content (AvgIpc) is 3.01. The summed E-state index contributed by atoms with van der Waals surface area (Å²) in [6.45, 7) is 12.1. The highest BCUT2D eigenvalue weighted by Gasteiger charge is 2.27. The van der Waals surface area contributed by atoms with Crippen molar-refractivity contribution in [3.63, 3.8) is 0 Å². The van der Waals surface area contributed by atoms with Gasteiger partial charge in [-0.1, -0.05) is 24.3 Å². The number of aromatic amines is 1. The van der Waals surface area contributed by atoms with Crippen molar-refractivity contribution < 1.29 is 14.6 Å². The number of H-pyrrole nitrogens is 1. The highest BCUT2D eigenvalue weighted by atomic mass is 16.5. The molecule has 1 aliphatic heterocycles. The Kier molecular flexibility index (Phi) is 10.8. The van der Waals surface area contributed by atoms with Crippen LogP contribution >= 0.6 is 0 Å². The number of hydrogen-bond acceptors (Lipinski definition) is 7. The topological polar surface area (TPSA) is 110 Å². The SMILES string of the molecule is CC(=O)N[C@H]1CC[C@@H](N(C)c2cc(-c3ccc(CN4CCOCC4)cc3)cc(C(O)NCc3c(C)cc(C)[nH]c3=O)c2C)CC1. The van der Waals surface area contributed by atoms with E-state index in [4.69, 9.17) is 4.74 Å². The Morgan fingerprint density at radius 2 is 1.73 bits per heavy atom. The number of rotatable bonds is 10. The highest BCUT2D eigenvalue weighted by Crippen LogP contribution is 2.36. The molecule has 0 bridgehead atoms. The maximum absolute atomic E-state index is 12.7. The van der Waals surface area contributed by atoms with Crippen molar-refractivity contribution in [1.29, 1.82) is 0 Å². The van der Waals surface area contributed by atoms with Crippen LogP contribution in [0.5, 0.6) is 0 Å². The number of benzene rings is 2. The van der Waals surface area contributed by atoms with Gasteiger partial charge in [0.1, 0.15) is 6.23 Å². The number of aryl methyl sites for hydroxylation is 2. The van der Waals surface area contributed by atoms with Crippen LogP contribution in [-0.2, 0) is 22.6 Å². The van der Waals surface area contributed by atoms with Crippen molar-refractivity contribution in [2.45, 2.75) is 84.8 Å². The first-order valence-corrected chi connectivity index (χ1v) is 16.2. The maximum Gasteiger partial charge on any atom is 0.252 e. The Morgan fingerprint density at radius 3 is 2.38 bits per heavy atom. The number of ether oxygens (including phenoxy) is 1. The molecule has 0 radical (unpaired) electrons. The lowest BCUT2D eigenvalue weighted by Crippen LogP contribution is -2.42. The predicted molar refractivity (Wildman–Crippen MR) is 179 cm³/mol. The van der Waals surface area contributed by atoms with Crippen LogP contribution in [-0.4, -0.2) is 66.3 Å². The summed E-state index contributed by atoms with van der Waals surface area (Å²) in [4.78, 5) is 31.9. The number of carbonyl (C=O) groups excluding carboxylic acids is 1. The van der Waals surface area contributed by atoms with Gasteiger partial charge in [-0.2, -0.15) is 0 Å². The summed E-state index contributed by atoms with van der Waals surface area (Å²) in [7, 11) is 2.14. The normalized spacial score (nSPS) is 19.7. The fourth-order valence-electron chi connectivity index (χ4n) is 6.86. The summed E-state index contributed by atoms with van der Waals surface area (Å²) in [5, 5.41) is 17.8. The molecule has 1 aromatic heterocycles. The predicted octanol–water partition coefficient (Wildman–Crippen LogP) is 4.46. The number of amides is 1. The lowest BCUT2D eigenvalue weighted by atomic mass is 9.89. The zero-order valence-electron chi connectivity index (χ0n) is 27.4. The van der Waals surface area contributed by atoms with Gasteiger partial charge in [0.15, 0.2) is 0 Å². The van der Waals surface area contributed by atoms with Crippen molar-refractivity contribution in [2.24, 2.45) is 0 Å². The Labute approximate surface area is 267 Å². The molecule has 1 amide bonds. The van der Waals surface area contributed by atoms with E-state index in [0.29, 0.717) is 11.6 Å². The zero-order valence-corrected chi connectivity index (χ0v) is 27.4. The molecule has 5 rings (SSSR count). The van der Waals surface area contributed by atoms with E-state index in [1.807, 2.05) is 19.9 Å². The van der Waals surface area contributed by atoms with Crippen LogP contribution < -0.4 is 21.1 Å². The Morgan fingerprint density at radius 1 is 1.04 bits per heavy atom. The van der Waals surface area contributed by atoms with Gasteiger partial charge in [0.05, 0.1) is 13.2 Å². The lowest BCUT2D eigenvalue weighted by molar-refractivity contribution is -0.119. The minimum atomic E-state index is -0.965. The first kappa shape index (κ1) is 32.9. The molecule has 242 valence electrons. The number of pyridine rings is 1. The number of morpholine rings is 1. The van der Waals surface area contributed by atoms with Gasteiger partial charge in [-0.15, -0.1) is 0 Å². The largest absolute Gasteiger partial charge is 0.379 e. The van der Waals surface area contributed by atoms with Gasteiger partial charge < -0.3 is 25.0 Å². The van der Waals surface area contributed by atoms with E-state index in [-0.39, 0.29) is 24.1 Å². The fraction of sp³-hybridized carbons (Fsp3) is 0.500. The van der Waals surface area contributed by atoms with E-state index >= 15 is 0 Å². The third-order valence-electron chi connectivity index (χ3n) is 9.51. The molecular weight excluding hydrogens is 566 g/mol. The Hall–Kier alpha value is -3.50. The van der Waals surface area contributed by atoms with Crippen LogP contribution in [0.15, 0.2) is 47.3 Å². The Balaban J connectivity index is 1.42. The van der Waals surface area contributed by atoms with Crippen LogP contribution in [0.4, 0.5) is 5.69 Å². The molecule has 0 spiro atoms. The number of nitrogens with zero attached hydrogens (tertiary/aromatic N) is 2. The first-order valence-electron chi connectivity index (χ1n) is 16.2. The van der Waals surface area contributed by atoms with Crippen LogP contribution in [0.1, 0.15) is 72.3 Å². The maximum atomic E-state index is 12.7. The highest BCUT2D eigenvalue weighted by molar-refractivity contribution is 5.74. The summed E-state index contributed by atoms with van der Waals surface area (Å²) in [6.07, 6.45) is 2.88. The molecule has 2 heterocycles. The second-order valence-corrected chi connectivity index (χ2v) is 12.8. The number of anilines is 1. The summed E-state index contributed by atoms with van der Waals surface area (Å²) >= 11 is 0. The van der Waals surface area contributed by atoms with Gasteiger partial charge in [0.2, 0.25) is 5.91 Å². The van der Waals surface area contributed by atoms with Gasteiger partial charge in [-0.25, -0.2) is 0 Å². The molecule has 1 saturated carbocycles. The summed E-state index contributed by atoms with van der Waals surface area (Å²) in [6, 6.07) is 15.5. The van der Waals surface area contributed by atoms with Gasteiger partial charge in [0, 0.05) is 74.7 Å². The molecule has 2 fully saturated rings. The molecule has 1 aliphatic carbocycles. The zero-order chi connectivity index (χ0) is 32.1. The standard InChI is InChI=1S/C36H49N5O4/c1-23-18-24(2)38-36(44)33(23)21-37-35(43)32-19-29(28-8-6-27(7-9-28)22-41-14-16-45-17-15-41)20-34(25(32)3)40(5)31-12-10-30(11-13-31)39-26(4)42/h6-9,18-20,30-31,35,37,43H,10-17,21-22H2,1-5H3,(H,38,44)(H,39,42)/t30-,31+,35?. The van der Waals surface area contributed by atoms with Crippen LogP contribution in [0.2, 0.25) is 0 Å². The minimum Gasteiger partial charge on any atom is -0.379 e. The third kappa shape index (κ3) is 8.21. The molecule has 9 nitrogen and oxygen atoms in total. The number of nitrogens with one attached hydrogen (secondary N) is 3. The van der Waals surface area contributed by atoms with Crippen LogP contribution in [0, 0.1) is 20.8 Å². The number of carbonyl (C=O) groups is 1. The van der Waals surface area contributed by atoms with E-state index in [0.717, 1.165) is 97.7 Å².